The van der Waals surface area contributed by atoms with Gasteiger partial charge in [0.15, 0.2) is 0 Å². The van der Waals surface area contributed by atoms with Gasteiger partial charge in [0.25, 0.3) is 0 Å². The lowest BCUT2D eigenvalue weighted by molar-refractivity contribution is -0.142. The van der Waals surface area contributed by atoms with Crippen LogP contribution < -0.4 is 5.32 Å². The molecule has 1 aromatic rings. The van der Waals surface area contributed by atoms with Gasteiger partial charge in [-0.2, -0.15) is 0 Å². The van der Waals surface area contributed by atoms with Gasteiger partial charge in [0.05, 0.1) is 0 Å². The monoisotopic (exact) mass is 277 g/mol. The van der Waals surface area contributed by atoms with Crippen molar-refractivity contribution in [3.8, 4) is 0 Å². The van der Waals surface area contributed by atoms with Crippen LogP contribution in [0.15, 0.2) is 30.3 Å². The Balaban J connectivity index is 2.55. The number of carboxylic acids is 1. The Morgan fingerprint density at radius 1 is 1.15 bits per heavy atom. The minimum absolute atomic E-state index is 0.0738. The van der Waals surface area contributed by atoms with Crippen molar-refractivity contribution in [2.75, 3.05) is 0 Å². The van der Waals surface area contributed by atoms with E-state index in [0.29, 0.717) is 12.8 Å². The van der Waals surface area contributed by atoms with E-state index in [1.165, 1.54) is 0 Å². The van der Waals surface area contributed by atoms with Crippen LogP contribution in [0.3, 0.4) is 0 Å². The lowest BCUT2D eigenvalue weighted by atomic mass is 9.97. The van der Waals surface area contributed by atoms with Gasteiger partial charge in [0.2, 0.25) is 5.91 Å². The Morgan fingerprint density at radius 2 is 1.75 bits per heavy atom. The first kappa shape index (κ1) is 16.2. The van der Waals surface area contributed by atoms with E-state index < -0.39 is 12.0 Å². The van der Waals surface area contributed by atoms with Crippen molar-refractivity contribution in [2.45, 2.75) is 45.6 Å². The molecule has 1 unspecified atom stereocenters. The maximum Gasteiger partial charge on any atom is 0.326 e. The number of rotatable bonds is 7. The zero-order chi connectivity index (χ0) is 15.1. The molecule has 0 radical (unpaired) electrons. The molecule has 20 heavy (non-hydrogen) atoms. The van der Waals surface area contributed by atoms with Crippen molar-refractivity contribution in [2.24, 2.45) is 5.92 Å². The third-order valence-corrected chi connectivity index (χ3v) is 3.20. The summed E-state index contributed by atoms with van der Waals surface area (Å²) in [4.78, 5) is 23.1. The van der Waals surface area contributed by atoms with Gasteiger partial charge in [-0.25, -0.2) is 4.79 Å². The summed E-state index contributed by atoms with van der Waals surface area (Å²) in [7, 11) is 0. The van der Waals surface area contributed by atoms with E-state index in [2.05, 4.69) is 5.32 Å². The van der Waals surface area contributed by atoms with Gasteiger partial charge >= 0.3 is 5.97 Å². The van der Waals surface area contributed by atoms with Crippen LogP contribution in [-0.4, -0.2) is 23.0 Å². The Hall–Kier alpha value is -1.84. The largest absolute Gasteiger partial charge is 0.480 e. The van der Waals surface area contributed by atoms with Crippen LogP contribution in [0.1, 0.15) is 45.1 Å². The highest BCUT2D eigenvalue weighted by Gasteiger charge is 2.22. The van der Waals surface area contributed by atoms with Gasteiger partial charge in [-0.05, 0) is 23.8 Å². The molecule has 0 fully saturated rings. The maximum atomic E-state index is 11.9. The SMILES string of the molecule is CC(C)C[C@@H](NC(=O)CC(C)c1ccccc1)C(=O)O. The number of hydrogen-bond donors (Lipinski definition) is 2. The highest BCUT2D eigenvalue weighted by Crippen LogP contribution is 2.18. The van der Waals surface area contributed by atoms with E-state index in [-0.39, 0.29) is 17.7 Å². The number of amides is 1. The van der Waals surface area contributed by atoms with E-state index in [1.54, 1.807) is 0 Å². The second-order valence-corrected chi connectivity index (χ2v) is 5.60. The summed E-state index contributed by atoms with van der Waals surface area (Å²) in [5.74, 6) is -0.888. The number of carbonyl (C=O) groups excluding carboxylic acids is 1. The topological polar surface area (TPSA) is 66.4 Å². The minimum Gasteiger partial charge on any atom is -0.480 e. The van der Waals surface area contributed by atoms with Crippen molar-refractivity contribution < 1.29 is 14.7 Å². The zero-order valence-electron chi connectivity index (χ0n) is 12.3. The molecule has 1 aromatic carbocycles. The third kappa shape index (κ3) is 5.43. The van der Waals surface area contributed by atoms with Crippen LogP contribution in [0.2, 0.25) is 0 Å². The van der Waals surface area contributed by atoms with Crippen molar-refractivity contribution in [3.63, 3.8) is 0 Å². The number of nitrogens with one attached hydrogen (secondary N) is 1. The van der Waals surface area contributed by atoms with Crippen LogP contribution in [0, 0.1) is 5.92 Å². The minimum atomic E-state index is -0.973. The second-order valence-electron chi connectivity index (χ2n) is 5.60. The highest BCUT2D eigenvalue weighted by atomic mass is 16.4. The smallest absolute Gasteiger partial charge is 0.326 e. The molecule has 0 heterocycles. The predicted octanol–water partition coefficient (Wildman–Crippen LogP) is 2.80. The maximum absolute atomic E-state index is 11.9. The molecular weight excluding hydrogens is 254 g/mol. The summed E-state index contributed by atoms with van der Waals surface area (Å²) >= 11 is 0. The molecule has 0 aliphatic heterocycles. The number of hydrogen-bond acceptors (Lipinski definition) is 2. The predicted molar refractivity (Wildman–Crippen MR) is 78.5 cm³/mol. The summed E-state index contributed by atoms with van der Waals surface area (Å²) in [6.07, 6.45) is 0.743. The number of carboxylic acid groups (broad SMARTS) is 1. The normalized spacial score (nSPS) is 13.8. The first-order chi connectivity index (χ1) is 9.40. The summed E-state index contributed by atoms with van der Waals surface area (Å²) in [5, 5.41) is 11.7. The molecule has 0 aliphatic carbocycles. The van der Waals surface area contributed by atoms with Crippen molar-refractivity contribution in [1.82, 2.24) is 5.32 Å². The quantitative estimate of drug-likeness (QED) is 0.805. The summed E-state index contributed by atoms with van der Waals surface area (Å²) in [6, 6.07) is 8.94. The summed E-state index contributed by atoms with van der Waals surface area (Å²) in [5.41, 5.74) is 1.08. The molecule has 0 bridgehead atoms. The summed E-state index contributed by atoms with van der Waals surface area (Å²) < 4.78 is 0. The fourth-order valence-corrected chi connectivity index (χ4v) is 2.12. The molecule has 0 aliphatic rings. The fraction of sp³-hybridized carbons (Fsp3) is 0.500. The van der Waals surface area contributed by atoms with E-state index in [4.69, 9.17) is 5.11 Å². The van der Waals surface area contributed by atoms with Gasteiger partial charge in [0.1, 0.15) is 6.04 Å². The molecule has 4 heteroatoms. The van der Waals surface area contributed by atoms with Gasteiger partial charge in [0, 0.05) is 6.42 Å². The van der Waals surface area contributed by atoms with Gasteiger partial charge in [-0.1, -0.05) is 51.1 Å². The number of aliphatic carboxylic acids is 1. The van der Waals surface area contributed by atoms with Crippen LogP contribution in [-0.2, 0) is 9.59 Å². The van der Waals surface area contributed by atoms with Crippen molar-refractivity contribution >= 4 is 11.9 Å². The molecule has 1 amide bonds. The third-order valence-electron chi connectivity index (χ3n) is 3.20. The van der Waals surface area contributed by atoms with Crippen molar-refractivity contribution in [1.29, 1.82) is 0 Å². The molecule has 0 saturated heterocycles. The zero-order valence-corrected chi connectivity index (χ0v) is 12.3. The van der Waals surface area contributed by atoms with Gasteiger partial charge < -0.3 is 10.4 Å². The van der Waals surface area contributed by atoms with Gasteiger partial charge in [-0.3, -0.25) is 4.79 Å². The lowest BCUT2D eigenvalue weighted by Gasteiger charge is -2.18. The second kappa shape index (κ2) is 7.68. The first-order valence-electron chi connectivity index (χ1n) is 6.97. The van der Waals surface area contributed by atoms with E-state index >= 15 is 0 Å². The lowest BCUT2D eigenvalue weighted by Crippen LogP contribution is -2.41. The summed E-state index contributed by atoms with van der Waals surface area (Å²) in [6.45, 7) is 5.84. The Morgan fingerprint density at radius 3 is 2.25 bits per heavy atom. The van der Waals surface area contributed by atoms with Gasteiger partial charge in [-0.15, -0.1) is 0 Å². The van der Waals surface area contributed by atoms with E-state index in [1.807, 2.05) is 51.1 Å². The molecular formula is C16H23NO3. The number of benzene rings is 1. The Bertz CT molecular complexity index is 442. The van der Waals surface area contributed by atoms with E-state index in [0.717, 1.165) is 5.56 Å². The van der Waals surface area contributed by atoms with Crippen LogP contribution in [0.25, 0.3) is 0 Å². The average molecular weight is 277 g/mol. The average Bonchev–Trinajstić information content (AvgIpc) is 2.38. The van der Waals surface area contributed by atoms with E-state index in [9.17, 15) is 9.59 Å². The fourth-order valence-electron chi connectivity index (χ4n) is 2.12. The molecule has 110 valence electrons. The Kier molecular flexibility index (Phi) is 6.22. The number of carbonyl (C=O) groups is 2. The molecule has 0 saturated carbocycles. The molecule has 1 rings (SSSR count). The molecule has 0 spiro atoms. The molecule has 0 aromatic heterocycles. The van der Waals surface area contributed by atoms with Crippen LogP contribution >= 0.6 is 0 Å². The van der Waals surface area contributed by atoms with Crippen LogP contribution in [0.4, 0.5) is 0 Å². The molecule has 2 atom stereocenters. The first-order valence-corrected chi connectivity index (χ1v) is 6.97. The molecule has 4 nitrogen and oxygen atoms in total. The Labute approximate surface area is 120 Å². The van der Waals surface area contributed by atoms with Crippen molar-refractivity contribution in [3.05, 3.63) is 35.9 Å². The van der Waals surface area contributed by atoms with Crippen LogP contribution in [0.5, 0.6) is 0 Å². The molecule has 2 N–H and O–H groups in total. The highest BCUT2D eigenvalue weighted by molar-refractivity contribution is 5.83. The standard InChI is InChI=1S/C16H23NO3/c1-11(2)9-14(16(19)20)17-15(18)10-12(3)13-7-5-4-6-8-13/h4-8,11-12,14H,9-10H2,1-3H3,(H,17,18)(H,19,20)/t12?,14-/m1/s1.